The number of aryl methyl sites for hydroxylation is 2. The molecule has 0 aromatic heterocycles. The summed E-state index contributed by atoms with van der Waals surface area (Å²) in [4.78, 5) is 23.5. The Morgan fingerprint density at radius 3 is 2.33 bits per heavy atom. The lowest BCUT2D eigenvalue weighted by Gasteiger charge is -2.10. The van der Waals surface area contributed by atoms with E-state index < -0.39 is 4.92 Å². The smallest absolute Gasteiger partial charge is 0.271 e. The largest absolute Gasteiger partial charge is 0.323 e. The first kappa shape index (κ1) is 19.0. The molecule has 0 bridgehead atoms. The normalized spacial score (nSPS) is 10.5. The molecule has 2 aromatic carbocycles. The number of amides is 1. The second kappa shape index (κ2) is 8.13. The number of non-ortho nitro benzene ring substituents is 1. The summed E-state index contributed by atoms with van der Waals surface area (Å²) in [7, 11) is 0. The number of benzene rings is 2. The molecule has 0 aliphatic heterocycles. The molecular formula is C16H14Br2N2O3S. The molecule has 0 saturated heterocycles. The van der Waals surface area contributed by atoms with Crippen LogP contribution in [-0.4, -0.2) is 16.6 Å². The van der Waals surface area contributed by atoms with E-state index in [9.17, 15) is 14.9 Å². The number of hydrogen-bond donors (Lipinski definition) is 1. The molecule has 0 radical (unpaired) electrons. The molecule has 2 rings (SSSR count). The number of rotatable bonds is 5. The van der Waals surface area contributed by atoms with Gasteiger partial charge in [-0.25, -0.2) is 0 Å². The Labute approximate surface area is 160 Å². The van der Waals surface area contributed by atoms with Crippen molar-refractivity contribution < 1.29 is 9.72 Å². The number of nitro groups is 1. The summed E-state index contributed by atoms with van der Waals surface area (Å²) in [6.07, 6.45) is 0. The molecule has 0 fully saturated rings. The maximum absolute atomic E-state index is 12.2. The number of anilines is 1. The lowest BCUT2D eigenvalue weighted by molar-refractivity contribution is -0.385. The molecule has 8 heteroatoms. The van der Waals surface area contributed by atoms with Crippen LogP contribution in [0.15, 0.2) is 44.2 Å². The minimum atomic E-state index is -0.489. The van der Waals surface area contributed by atoms with Crippen molar-refractivity contribution >= 4 is 60.9 Å². The Balaban J connectivity index is 2.04. The predicted molar refractivity (Wildman–Crippen MR) is 104 cm³/mol. The van der Waals surface area contributed by atoms with Crippen molar-refractivity contribution in [3.63, 3.8) is 0 Å². The van der Waals surface area contributed by atoms with Gasteiger partial charge in [-0.2, -0.15) is 0 Å². The fourth-order valence-electron chi connectivity index (χ4n) is 1.91. The van der Waals surface area contributed by atoms with E-state index in [0.717, 1.165) is 4.90 Å². The van der Waals surface area contributed by atoms with Gasteiger partial charge in [0.25, 0.3) is 5.69 Å². The van der Waals surface area contributed by atoms with Crippen LogP contribution in [0, 0.1) is 24.0 Å². The van der Waals surface area contributed by atoms with Gasteiger partial charge in [0.05, 0.1) is 16.4 Å². The molecule has 0 heterocycles. The summed E-state index contributed by atoms with van der Waals surface area (Å²) >= 11 is 7.94. The molecule has 0 aliphatic carbocycles. The zero-order valence-corrected chi connectivity index (χ0v) is 16.9. The summed E-state index contributed by atoms with van der Waals surface area (Å²) in [6, 6.07) is 8.77. The first-order chi connectivity index (χ1) is 11.3. The van der Waals surface area contributed by atoms with E-state index in [-0.39, 0.29) is 17.3 Å². The highest BCUT2D eigenvalue weighted by molar-refractivity contribution is 9.11. The Morgan fingerprint density at radius 2 is 1.79 bits per heavy atom. The van der Waals surface area contributed by atoms with E-state index in [4.69, 9.17) is 0 Å². The minimum absolute atomic E-state index is 0.0590. The number of hydrogen-bond acceptors (Lipinski definition) is 4. The van der Waals surface area contributed by atoms with Crippen LogP contribution in [0.25, 0.3) is 0 Å². The number of thioether (sulfide) groups is 1. The Kier molecular flexibility index (Phi) is 6.42. The maximum Gasteiger partial charge on any atom is 0.271 e. The quantitative estimate of drug-likeness (QED) is 0.355. The molecule has 0 atom stereocenters. The molecule has 0 spiro atoms. The van der Waals surface area contributed by atoms with Crippen LogP contribution in [0.5, 0.6) is 0 Å². The van der Waals surface area contributed by atoms with E-state index in [2.05, 4.69) is 37.2 Å². The molecule has 126 valence electrons. The van der Waals surface area contributed by atoms with E-state index in [1.54, 1.807) is 0 Å². The molecule has 1 amide bonds. The van der Waals surface area contributed by atoms with Gasteiger partial charge in [-0.05, 0) is 69.0 Å². The van der Waals surface area contributed by atoms with Crippen molar-refractivity contribution in [2.24, 2.45) is 0 Å². The monoisotopic (exact) mass is 472 g/mol. The lowest BCUT2D eigenvalue weighted by Crippen LogP contribution is -2.15. The number of nitrogens with one attached hydrogen (secondary N) is 1. The van der Waals surface area contributed by atoms with E-state index >= 15 is 0 Å². The molecule has 0 unspecified atom stereocenters. The number of carbonyl (C=O) groups is 1. The van der Waals surface area contributed by atoms with Crippen molar-refractivity contribution in [3.8, 4) is 0 Å². The summed E-state index contributed by atoms with van der Waals surface area (Å²) in [5.74, 6) is 0.0618. The number of nitro benzene ring substituents is 1. The second-order valence-electron chi connectivity index (χ2n) is 5.12. The average Bonchev–Trinajstić information content (AvgIpc) is 2.51. The third-order valence-corrected chi connectivity index (χ3v) is 5.60. The molecule has 1 N–H and O–H groups in total. The molecule has 24 heavy (non-hydrogen) atoms. The van der Waals surface area contributed by atoms with Gasteiger partial charge in [0.2, 0.25) is 5.91 Å². The van der Waals surface area contributed by atoms with Crippen LogP contribution in [0.4, 0.5) is 11.4 Å². The van der Waals surface area contributed by atoms with Gasteiger partial charge in [-0.15, -0.1) is 11.8 Å². The first-order valence-electron chi connectivity index (χ1n) is 6.91. The van der Waals surface area contributed by atoms with Gasteiger partial charge in [-0.1, -0.05) is 6.07 Å². The Hall–Kier alpha value is -1.38. The highest BCUT2D eigenvalue weighted by atomic mass is 79.9. The average molecular weight is 474 g/mol. The number of carbonyl (C=O) groups excluding carboxylic acids is 1. The van der Waals surface area contributed by atoms with Gasteiger partial charge in [0, 0.05) is 26.0 Å². The summed E-state index contributed by atoms with van der Waals surface area (Å²) in [5, 5.41) is 13.6. The van der Waals surface area contributed by atoms with Crippen LogP contribution in [0.2, 0.25) is 0 Å². The minimum Gasteiger partial charge on any atom is -0.323 e. The van der Waals surface area contributed by atoms with Gasteiger partial charge >= 0.3 is 0 Å². The van der Waals surface area contributed by atoms with Crippen LogP contribution < -0.4 is 5.32 Å². The van der Waals surface area contributed by atoms with Gasteiger partial charge in [-0.3, -0.25) is 14.9 Å². The standard InChI is InChI=1S/C16H14Br2N2O3S/c1-9-3-4-12(5-10(9)2)24-8-15(21)19-16-13(17)6-11(20(22)23)7-14(16)18/h3-7H,8H2,1-2H3,(H,19,21). The van der Waals surface area contributed by atoms with Crippen molar-refractivity contribution in [3.05, 3.63) is 60.5 Å². The summed E-state index contributed by atoms with van der Waals surface area (Å²) in [6.45, 7) is 4.07. The number of nitrogens with zero attached hydrogens (tertiary/aromatic N) is 1. The predicted octanol–water partition coefficient (Wildman–Crippen LogP) is 5.47. The van der Waals surface area contributed by atoms with Crippen molar-refractivity contribution in [2.75, 3.05) is 11.1 Å². The van der Waals surface area contributed by atoms with Crippen molar-refractivity contribution in [1.82, 2.24) is 0 Å². The van der Waals surface area contributed by atoms with Gasteiger partial charge in [0.1, 0.15) is 0 Å². The third kappa shape index (κ3) is 4.81. The zero-order chi connectivity index (χ0) is 17.9. The highest BCUT2D eigenvalue weighted by Crippen LogP contribution is 2.35. The van der Waals surface area contributed by atoms with Crippen LogP contribution >= 0.6 is 43.6 Å². The van der Waals surface area contributed by atoms with Crippen LogP contribution in [-0.2, 0) is 4.79 Å². The SMILES string of the molecule is Cc1ccc(SCC(=O)Nc2c(Br)cc([N+](=O)[O-])cc2Br)cc1C. The van der Waals surface area contributed by atoms with E-state index in [1.165, 1.54) is 35.0 Å². The summed E-state index contributed by atoms with van der Waals surface area (Å²) in [5.41, 5.74) is 2.81. The third-order valence-electron chi connectivity index (χ3n) is 3.35. The second-order valence-corrected chi connectivity index (χ2v) is 7.88. The fraction of sp³-hybridized carbons (Fsp3) is 0.188. The van der Waals surface area contributed by atoms with Gasteiger partial charge in [0.15, 0.2) is 0 Å². The lowest BCUT2D eigenvalue weighted by atomic mass is 10.1. The molecular weight excluding hydrogens is 460 g/mol. The van der Waals surface area contributed by atoms with Crippen molar-refractivity contribution in [1.29, 1.82) is 0 Å². The van der Waals surface area contributed by atoms with Crippen LogP contribution in [0.3, 0.4) is 0 Å². The van der Waals surface area contributed by atoms with Crippen molar-refractivity contribution in [2.45, 2.75) is 18.7 Å². The molecule has 2 aromatic rings. The summed E-state index contributed by atoms with van der Waals surface area (Å²) < 4.78 is 0.904. The Morgan fingerprint density at radius 1 is 1.17 bits per heavy atom. The fourth-order valence-corrected chi connectivity index (χ4v) is 4.07. The topological polar surface area (TPSA) is 72.2 Å². The Bertz CT molecular complexity index is 789. The zero-order valence-electron chi connectivity index (χ0n) is 12.9. The van der Waals surface area contributed by atoms with E-state index in [1.807, 2.05) is 32.0 Å². The number of halogens is 2. The van der Waals surface area contributed by atoms with Crippen LogP contribution in [0.1, 0.15) is 11.1 Å². The molecule has 5 nitrogen and oxygen atoms in total. The van der Waals surface area contributed by atoms with E-state index in [0.29, 0.717) is 14.6 Å². The van der Waals surface area contributed by atoms with Gasteiger partial charge < -0.3 is 5.32 Å². The molecule has 0 aliphatic rings. The molecule has 0 saturated carbocycles. The highest BCUT2D eigenvalue weighted by Gasteiger charge is 2.16. The maximum atomic E-state index is 12.2. The first-order valence-corrected chi connectivity index (χ1v) is 9.48.